The number of anilines is 1. The molecule has 1 saturated heterocycles. The molecule has 1 N–H and O–H groups in total. The second-order valence-corrected chi connectivity index (χ2v) is 11.0. The molecule has 8 heteroatoms. The van der Waals surface area contributed by atoms with Gasteiger partial charge in [-0.2, -0.15) is 0 Å². The number of carbonyl (C=O) groups is 2. The largest absolute Gasteiger partial charge is 0.496 e. The van der Waals surface area contributed by atoms with E-state index in [4.69, 9.17) is 23.7 Å². The lowest BCUT2D eigenvalue weighted by molar-refractivity contribution is -0.141. The van der Waals surface area contributed by atoms with E-state index in [0.717, 1.165) is 22.3 Å². The summed E-state index contributed by atoms with van der Waals surface area (Å²) in [6.45, 7) is 2.30. The van der Waals surface area contributed by atoms with Crippen molar-refractivity contribution < 1.29 is 33.3 Å². The first-order chi connectivity index (χ1) is 21.0. The number of cyclic esters (lactones) is 1. The maximum atomic E-state index is 13.6. The van der Waals surface area contributed by atoms with E-state index in [1.165, 1.54) is 0 Å². The van der Waals surface area contributed by atoms with Crippen LogP contribution in [0.15, 0.2) is 78.9 Å². The van der Waals surface area contributed by atoms with Crippen molar-refractivity contribution in [2.24, 2.45) is 11.8 Å². The van der Waals surface area contributed by atoms with E-state index < -0.39 is 5.92 Å². The number of hydrogen-bond donors (Lipinski definition) is 1. The van der Waals surface area contributed by atoms with E-state index >= 15 is 0 Å². The fraction of sp³-hybridized carbons (Fsp3) is 0.257. The van der Waals surface area contributed by atoms with Crippen LogP contribution in [0.1, 0.15) is 50.1 Å². The first-order valence-corrected chi connectivity index (χ1v) is 14.3. The third-order valence-corrected chi connectivity index (χ3v) is 8.84. The second kappa shape index (κ2) is 10.7. The molecule has 0 amide bonds. The van der Waals surface area contributed by atoms with E-state index in [9.17, 15) is 9.59 Å². The molecule has 1 fully saturated rings. The molecule has 0 saturated carbocycles. The molecule has 1 aliphatic carbocycles. The van der Waals surface area contributed by atoms with Gasteiger partial charge in [0.05, 0.1) is 32.8 Å². The van der Waals surface area contributed by atoms with Gasteiger partial charge in [-0.15, -0.1) is 0 Å². The molecule has 7 rings (SSSR count). The predicted octanol–water partition coefficient (Wildman–Crippen LogP) is 6.06. The SMILES string of the molecule is COc1cc([C@@H]2c3cc4c(cc3[C@@H](Nc3ccccc3C(=O)c3ccccc3)[C@H]3COC(=O)[C@H]23)OCO4)cc(OC)c1C. The first-order valence-electron chi connectivity index (χ1n) is 14.3. The van der Waals surface area contributed by atoms with E-state index in [1.807, 2.05) is 85.8 Å². The molecule has 0 radical (unpaired) electrons. The van der Waals surface area contributed by atoms with E-state index in [2.05, 4.69) is 5.32 Å². The molecular formula is C35H31NO7. The molecule has 8 nitrogen and oxygen atoms in total. The van der Waals surface area contributed by atoms with Crippen molar-refractivity contribution in [1.29, 1.82) is 0 Å². The lowest BCUT2D eigenvalue weighted by Crippen LogP contribution is -2.38. The molecule has 4 atom stereocenters. The Labute approximate surface area is 249 Å². The summed E-state index contributed by atoms with van der Waals surface area (Å²) in [6, 6.07) is 24.2. The van der Waals surface area contributed by atoms with Gasteiger partial charge in [-0.1, -0.05) is 42.5 Å². The molecule has 0 spiro atoms. The van der Waals surface area contributed by atoms with Crippen molar-refractivity contribution in [3.05, 3.63) is 112 Å². The Balaban J connectivity index is 1.38. The summed E-state index contributed by atoms with van der Waals surface area (Å²) in [5, 5.41) is 3.67. The third-order valence-electron chi connectivity index (χ3n) is 8.84. The second-order valence-electron chi connectivity index (χ2n) is 11.0. The van der Waals surface area contributed by atoms with Gasteiger partial charge in [0.1, 0.15) is 11.5 Å². The van der Waals surface area contributed by atoms with Crippen molar-refractivity contribution in [3.63, 3.8) is 0 Å². The number of carbonyl (C=O) groups excluding carboxylic acids is 2. The lowest BCUT2D eigenvalue weighted by Gasteiger charge is -2.40. The monoisotopic (exact) mass is 577 g/mol. The molecule has 0 aromatic heterocycles. The average molecular weight is 578 g/mol. The summed E-state index contributed by atoms with van der Waals surface area (Å²) in [7, 11) is 3.25. The zero-order valence-corrected chi connectivity index (χ0v) is 24.1. The third kappa shape index (κ3) is 4.45. The van der Waals surface area contributed by atoms with Crippen LogP contribution in [0.4, 0.5) is 5.69 Å². The van der Waals surface area contributed by atoms with Crippen molar-refractivity contribution in [2.75, 3.05) is 32.9 Å². The Morgan fingerprint density at radius 2 is 1.49 bits per heavy atom. The number of hydrogen-bond acceptors (Lipinski definition) is 8. The number of esters is 1. The van der Waals surface area contributed by atoms with Gasteiger partial charge >= 0.3 is 5.97 Å². The molecule has 3 aliphatic rings. The van der Waals surface area contributed by atoms with Crippen LogP contribution in [0, 0.1) is 18.8 Å². The van der Waals surface area contributed by atoms with E-state index in [1.54, 1.807) is 14.2 Å². The minimum Gasteiger partial charge on any atom is -0.496 e. The number of para-hydroxylation sites is 1. The van der Waals surface area contributed by atoms with E-state index in [0.29, 0.717) is 39.8 Å². The van der Waals surface area contributed by atoms with Gasteiger partial charge < -0.3 is 29.0 Å². The highest BCUT2D eigenvalue weighted by molar-refractivity contribution is 6.12. The summed E-state index contributed by atoms with van der Waals surface area (Å²) < 4.78 is 28.8. The Bertz CT molecular complexity index is 1710. The summed E-state index contributed by atoms with van der Waals surface area (Å²) in [6.07, 6.45) is 0. The number of methoxy groups -OCH3 is 2. The maximum absolute atomic E-state index is 13.6. The number of rotatable bonds is 7. The number of nitrogens with one attached hydrogen (secondary N) is 1. The predicted molar refractivity (Wildman–Crippen MR) is 159 cm³/mol. The first kappa shape index (κ1) is 26.9. The van der Waals surface area contributed by atoms with Crippen LogP contribution in [0.3, 0.4) is 0 Å². The van der Waals surface area contributed by atoms with Crippen molar-refractivity contribution in [2.45, 2.75) is 18.9 Å². The number of ketones is 1. The van der Waals surface area contributed by atoms with Gasteiger partial charge in [0.25, 0.3) is 0 Å². The molecule has 218 valence electrons. The van der Waals surface area contributed by atoms with Crippen molar-refractivity contribution >= 4 is 17.4 Å². The highest BCUT2D eigenvalue weighted by atomic mass is 16.7. The molecular weight excluding hydrogens is 546 g/mol. The fourth-order valence-corrected chi connectivity index (χ4v) is 6.75. The Morgan fingerprint density at radius 1 is 0.837 bits per heavy atom. The summed E-state index contributed by atoms with van der Waals surface area (Å²) in [4.78, 5) is 27.1. The van der Waals surface area contributed by atoms with Crippen LogP contribution < -0.4 is 24.3 Å². The topological polar surface area (TPSA) is 92.3 Å². The normalized spacial score (nSPS) is 21.4. The smallest absolute Gasteiger partial charge is 0.310 e. The molecule has 0 unspecified atom stereocenters. The highest BCUT2D eigenvalue weighted by Crippen LogP contribution is 2.55. The van der Waals surface area contributed by atoms with Gasteiger partial charge in [0, 0.05) is 34.2 Å². The summed E-state index contributed by atoms with van der Waals surface area (Å²) in [5.74, 6) is 1.17. The number of fused-ring (bicyclic) bond motifs is 3. The molecule has 43 heavy (non-hydrogen) atoms. The zero-order chi connectivity index (χ0) is 29.7. The Morgan fingerprint density at radius 3 is 2.19 bits per heavy atom. The molecule has 4 aromatic carbocycles. The maximum Gasteiger partial charge on any atom is 0.310 e. The standard InChI is InChI=1S/C35H31NO7/c1-19-27(39-2)13-21(14-28(19)40-3)31-23-15-29-30(43-18-42-29)16-24(23)33(25-17-41-35(38)32(25)31)36-26-12-8-7-11-22(26)34(37)20-9-5-4-6-10-20/h4-16,25,31-33,36H,17-18H2,1-3H3/t25-,31+,32-,33+/m0/s1. The van der Waals surface area contributed by atoms with Crippen LogP contribution in [0.25, 0.3) is 0 Å². The molecule has 2 aliphatic heterocycles. The van der Waals surface area contributed by atoms with Crippen LogP contribution >= 0.6 is 0 Å². The summed E-state index contributed by atoms with van der Waals surface area (Å²) in [5.41, 5.74) is 5.46. The van der Waals surface area contributed by atoms with Gasteiger partial charge in [-0.05, 0) is 60.0 Å². The zero-order valence-electron chi connectivity index (χ0n) is 24.1. The molecule has 2 heterocycles. The van der Waals surface area contributed by atoms with Crippen LogP contribution in [0.5, 0.6) is 23.0 Å². The van der Waals surface area contributed by atoms with Crippen LogP contribution in [-0.2, 0) is 9.53 Å². The van der Waals surface area contributed by atoms with Crippen LogP contribution in [0.2, 0.25) is 0 Å². The highest BCUT2D eigenvalue weighted by Gasteiger charge is 2.53. The van der Waals surface area contributed by atoms with Gasteiger partial charge in [-0.3, -0.25) is 9.59 Å². The van der Waals surface area contributed by atoms with Gasteiger partial charge in [-0.25, -0.2) is 0 Å². The fourth-order valence-electron chi connectivity index (χ4n) is 6.75. The lowest BCUT2D eigenvalue weighted by atomic mass is 9.65. The molecule has 4 aromatic rings. The number of ether oxygens (including phenoxy) is 5. The van der Waals surface area contributed by atoms with Crippen LogP contribution in [-0.4, -0.2) is 39.4 Å². The molecule has 0 bridgehead atoms. The van der Waals surface area contributed by atoms with Gasteiger partial charge in [0.2, 0.25) is 6.79 Å². The quantitative estimate of drug-likeness (QED) is 0.209. The minimum absolute atomic E-state index is 0.0857. The minimum atomic E-state index is -0.500. The van der Waals surface area contributed by atoms with Crippen molar-refractivity contribution in [3.8, 4) is 23.0 Å². The number of benzene rings is 4. The van der Waals surface area contributed by atoms with Gasteiger partial charge in [0.15, 0.2) is 17.3 Å². The van der Waals surface area contributed by atoms with Crippen molar-refractivity contribution in [1.82, 2.24) is 0 Å². The summed E-state index contributed by atoms with van der Waals surface area (Å²) >= 11 is 0. The average Bonchev–Trinajstić information content (AvgIpc) is 3.67. The Hall–Kier alpha value is -4.98. The van der Waals surface area contributed by atoms with E-state index in [-0.39, 0.29) is 43.0 Å². The Kier molecular flexibility index (Phi) is 6.69.